The zero-order valence-corrected chi connectivity index (χ0v) is 11.6. The van der Waals surface area contributed by atoms with Gasteiger partial charge in [0.25, 0.3) is 0 Å². The van der Waals surface area contributed by atoms with E-state index in [9.17, 15) is 15.3 Å². The predicted octanol–water partition coefficient (Wildman–Crippen LogP) is 0.615. The fraction of sp³-hybridized carbons (Fsp3) is 0.538. The topological polar surface area (TPSA) is 79.2 Å². The first-order chi connectivity index (χ1) is 9.02. The van der Waals surface area contributed by atoms with Crippen LogP contribution in [0.4, 0.5) is 0 Å². The molecule has 5 atom stereocenters. The van der Waals surface area contributed by atoms with E-state index in [0.717, 1.165) is 10.6 Å². The van der Waals surface area contributed by atoms with E-state index < -0.39 is 29.9 Å². The number of methoxy groups -OCH3 is 1. The molecule has 1 aliphatic heterocycles. The van der Waals surface area contributed by atoms with Crippen LogP contribution in [0.5, 0.6) is 5.75 Å². The van der Waals surface area contributed by atoms with Crippen molar-refractivity contribution >= 4 is 11.8 Å². The first kappa shape index (κ1) is 14.6. The van der Waals surface area contributed by atoms with E-state index in [2.05, 4.69) is 0 Å². The normalized spacial score (nSPS) is 35.1. The van der Waals surface area contributed by atoms with Gasteiger partial charge in [0, 0.05) is 4.90 Å². The van der Waals surface area contributed by atoms with Gasteiger partial charge in [-0.3, -0.25) is 0 Å². The number of hydrogen-bond acceptors (Lipinski definition) is 6. The molecule has 0 spiro atoms. The van der Waals surface area contributed by atoms with Crippen LogP contribution in [0.2, 0.25) is 0 Å². The Kier molecular flexibility index (Phi) is 4.70. The third kappa shape index (κ3) is 3.21. The van der Waals surface area contributed by atoms with Crippen molar-refractivity contribution in [3.8, 4) is 5.75 Å². The molecule has 1 aromatic rings. The number of ether oxygens (including phenoxy) is 2. The summed E-state index contributed by atoms with van der Waals surface area (Å²) in [6.07, 6.45) is -3.91. The fourth-order valence-corrected chi connectivity index (χ4v) is 2.99. The molecule has 0 radical (unpaired) electrons. The summed E-state index contributed by atoms with van der Waals surface area (Å²) in [4.78, 5) is 0.889. The van der Waals surface area contributed by atoms with Crippen molar-refractivity contribution in [3.63, 3.8) is 0 Å². The van der Waals surface area contributed by atoms with Crippen LogP contribution in [-0.2, 0) is 4.74 Å². The largest absolute Gasteiger partial charge is 0.497 e. The lowest BCUT2D eigenvalue weighted by Crippen LogP contribution is -2.55. The lowest BCUT2D eigenvalue weighted by atomic mass is 10.0. The highest BCUT2D eigenvalue weighted by Crippen LogP contribution is 2.33. The van der Waals surface area contributed by atoms with E-state index in [1.807, 2.05) is 24.3 Å². The molecule has 0 saturated carbocycles. The van der Waals surface area contributed by atoms with Gasteiger partial charge in [0.15, 0.2) is 0 Å². The summed E-state index contributed by atoms with van der Waals surface area (Å²) in [6, 6.07) is 7.32. The van der Waals surface area contributed by atoms with Gasteiger partial charge in [0.2, 0.25) is 0 Å². The Hall–Kier alpha value is -0.790. The van der Waals surface area contributed by atoms with Gasteiger partial charge >= 0.3 is 0 Å². The standard InChI is InChI=1S/C13H18O5S/c1-7-10(14)11(15)12(16)13(18-7)19-9-5-3-8(17-2)4-6-9/h3-7,10-16H,1-2H3/t7-,10+,11+,12-,13+/m1/s1. The molecule has 3 N–H and O–H groups in total. The molecule has 0 aromatic heterocycles. The molecule has 0 amide bonds. The average Bonchev–Trinajstić information content (AvgIpc) is 2.43. The first-order valence-corrected chi connectivity index (χ1v) is 6.91. The molecular weight excluding hydrogens is 268 g/mol. The van der Waals surface area contributed by atoms with Crippen LogP contribution >= 0.6 is 11.8 Å². The smallest absolute Gasteiger partial charge is 0.136 e. The van der Waals surface area contributed by atoms with Crippen molar-refractivity contribution in [2.24, 2.45) is 0 Å². The highest BCUT2D eigenvalue weighted by molar-refractivity contribution is 7.99. The summed E-state index contributed by atoms with van der Waals surface area (Å²) in [5.74, 6) is 0.748. The highest BCUT2D eigenvalue weighted by atomic mass is 32.2. The summed E-state index contributed by atoms with van der Waals surface area (Å²) in [5, 5.41) is 29.2. The number of hydrogen-bond donors (Lipinski definition) is 3. The molecule has 19 heavy (non-hydrogen) atoms. The minimum Gasteiger partial charge on any atom is -0.497 e. The van der Waals surface area contributed by atoms with Crippen LogP contribution in [0.1, 0.15) is 6.92 Å². The van der Waals surface area contributed by atoms with Crippen LogP contribution in [0.25, 0.3) is 0 Å². The summed E-state index contributed by atoms with van der Waals surface area (Å²) < 4.78 is 10.6. The van der Waals surface area contributed by atoms with E-state index in [1.165, 1.54) is 11.8 Å². The monoisotopic (exact) mass is 286 g/mol. The molecule has 6 heteroatoms. The number of aliphatic hydroxyl groups excluding tert-OH is 3. The van der Waals surface area contributed by atoms with Crippen LogP contribution in [0.3, 0.4) is 0 Å². The Morgan fingerprint density at radius 2 is 1.68 bits per heavy atom. The van der Waals surface area contributed by atoms with E-state index >= 15 is 0 Å². The summed E-state index contributed by atoms with van der Waals surface area (Å²) in [7, 11) is 1.59. The van der Waals surface area contributed by atoms with Crippen molar-refractivity contribution in [2.75, 3.05) is 7.11 Å². The van der Waals surface area contributed by atoms with E-state index in [0.29, 0.717) is 0 Å². The Labute approximate surface area is 116 Å². The highest BCUT2D eigenvalue weighted by Gasteiger charge is 2.42. The van der Waals surface area contributed by atoms with Crippen LogP contribution in [0.15, 0.2) is 29.2 Å². The van der Waals surface area contributed by atoms with Gasteiger partial charge in [-0.1, -0.05) is 11.8 Å². The number of benzene rings is 1. The Morgan fingerprint density at radius 3 is 2.26 bits per heavy atom. The molecule has 0 unspecified atom stereocenters. The van der Waals surface area contributed by atoms with Crippen LogP contribution < -0.4 is 4.74 Å². The molecular formula is C13H18O5S. The summed E-state index contributed by atoms with van der Waals surface area (Å²) in [5.41, 5.74) is -0.609. The summed E-state index contributed by atoms with van der Waals surface area (Å²) in [6.45, 7) is 1.67. The van der Waals surface area contributed by atoms with Crippen molar-refractivity contribution < 1.29 is 24.8 Å². The Balaban J connectivity index is 2.05. The zero-order valence-electron chi connectivity index (χ0n) is 10.8. The fourth-order valence-electron chi connectivity index (χ4n) is 1.90. The van der Waals surface area contributed by atoms with Crippen molar-refractivity contribution in [1.82, 2.24) is 0 Å². The lowest BCUT2D eigenvalue weighted by Gasteiger charge is -2.38. The molecule has 1 saturated heterocycles. The maximum atomic E-state index is 9.91. The van der Waals surface area contributed by atoms with E-state index in [4.69, 9.17) is 9.47 Å². The van der Waals surface area contributed by atoms with Crippen LogP contribution in [0, 0.1) is 0 Å². The van der Waals surface area contributed by atoms with Crippen molar-refractivity contribution in [2.45, 2.75) is 41.7 Å². The molecule has 1 fully saturated rings. The molecule has 106 valence electrons. The predicted molar refractivity (Wildman–Crippen MR) is 71.2 cm³/mol. The first-order valence-electron chi connectivity index (χ1n) is 6.03. The second-order valence-electron chi connectivity index (χ2n) is 4.47. The van der Waals surface area contributed by atoms with Crippen LogP contribution in [-0.4, -0.2) is 52.3 Å². The Bertz CT molecular complexity index is 410. The minimum absolute atomic E-state index is 0.519. The molecule has 0 bridgehead atoms. The summed E-state index contributed by atoms with van der Waals surface area (Å²) >= 11 is 1.30. The third-order valence-electron chi connectivity index (χ3n) is 3.12. The van der Waals surface area contributed by atoms with Gasteiger partial charge in [-0.15, -0.1) is 0 Å². The van der Waals surface area contributed by atoms with E-state index in [-0.39, 0.29) is 0 Å². The van der Waals surface area contributed by atoms with Gasteiger partial charge in [0.05, 0.1) is 13.2 Å². The second-order valence-corrected chi connectivity index (χ2v) is 5.65. The molecule has 1 aliphatic rings. The molecule has 1 aromatic carbocycles. The molecule has 2 rings (SSSR count). The molecule has 1 heterocycles. The van der Waals surface area contributed by atoms with Gasteiger partial charge in [-0.05, 0) is 31.2 Å². The lowest BCUT2D eigenvalue weighted by molar-refractivity contribution is -0.192. The minimum atomic E-state index is -1.19. The van der Waals surface area contributed by atoms with Gasteiger partial charge < -0.3 is 24.8 Å². The molecule has 0 aliphatic carbocycles. The van der Waals surface area contributed by atoms with Crippen molar-refractivity contribution in [1.29, 1.82) is 0 Å². The maximum absolute atomic E-state index is 9.91. The average molecular weight is 286 g/mol. The third-order valence-corrected chi connectivity index (χ3v) is 4.29. The van der Waals surface area contributed by atoms with Crippen molar-refractivity contribution in [3.05, 3.63) is 24.3 Å². The molecule has 5 nitrogen and oxygen atoms in total. The van der Waals surface area contributed by atoms with E-state index in [1.54, 1.807) is 14.0 Å². The second kappa shape index (κ2) is 6.11. The maximum Gasteiger partial charge on any atom is 0.136 e. The van der Waals surface area contributed by atoms with Gasteiger partial charge in [-0.25, -0.2) is 0 Å². The van der Waals surface area contributed by atoms with Gasteiger partial charge in [-0.2, -0.15) is 0 Å². The number of thioether (sulfide) groups is 1. The quantitative estimate of drug-likeness (QED) is 0.756. The number of aliphatic hydroxyl groups is 3. The van der Waals surface area contributed by atoms with Gasteiger partial charge in [0.1, 0.15) is 29.5 Å². The zero-order chi connectivity index (χ0) is 14.0. The SMILES string of the molecule is COc1ccc(S[C@@H]2O[C@H](C)[C@H](O)[C@H](O)[C@H]2O)cc1. The number of rotatable bonds is 3. The Morgan fingerprint density at radius 1 is 1.05 bits per heavy atom.